The highest BCUT2D eigenvalue weighted by atomic mass is 32.1. The number of carbonyl (C=O) groups is 1. The summed E-state index contributed by atoms with van der Waals surface area (Å²) in [6.07, 6.45) is 5.85. The molecule has 11 heteroatoms. The van der Waals surface area contributed by atoms with Gasteiger partial charge >= 0.3 is 0 Å². The van der Waals surface area contributed by atoms with E-state index in [1.807, 2.05) is 42.5 Å². The highest BCUT2D eigenvalue weighted by Crippen LogP contribution is 2.37. The van der Waals surface area contributed by atoms with Gasteiger partial charge in [-0.25, -0.2) is 9.97 Å². The number of aromatic nitrogens is 3. The Hall–Kier alpha value is -4.58. The summed E-state index contributed by atoms with van der Waals surface area (Å²) in [5, 5.41) is 3.93. The van der Waals surface area contributed by atoms with Crippen LogP contribution in [-0.4, -0.2) is 72.3 Å². The molecular weight excluding hydrogens is 566 g/mol. The highest BCUT2D eigenvalue weighted by Gasteiger charge is 2.15. The summed E-state index contributed by atoms with van der Waals surface area (Å²) in [6, 6.07) is 18.8. The van der Waals surface area contributed by atoms with Gasteiger partial charge in [0.25, 0.3) is 5.91 Å². The lowest BCUT2D eigenvalue weighted by atomic mass is 10.2. The van der Waals surface area contributed by atoms with Gasteiger partial charge in [0.1, 0.15) is 17.3 Å². The molecule has 10 nitrogen and oxygen atoms in total. The molecule has 220 valence electrons. The molecule has 1 aliphatic rings. The minimum atomic E-state index is -0.320. The third-order valence-electron chi connectivity index (χ3n) is 6.93. The van der Waals surface area contributed by atoms with Crippen LogP contribution in [0.2, 0.25) is 0 Å². The van der Waals surface area contributed by atoms with Crippen molar-refractivity contribution in [2.24, 2.45) is 0 Å². The van der Waals surface area contributed by atoms with Gasteiger partial charge in [-0.3, -0.25) is 14.7 Å². The second-order valence-corrected chi connectivity index (χ2v) is 10.8. The molecule has 1 fully saturated rings. The lowest BCUT2D eigenvalue weighted by Crippen LogP contribution is -2.37. The summed E-state index contributed by atoms with van der Waals surface area (Å²) in [4.78, 5) is 29.2. The molecule has 1 saturated heterocycles. The van der Waals surface area contributed by atoms with Crippen LogP contribution in [0.25, 0.3) is 21.3 Å². The Morgan fingerprint density at radius 3 is 2.63 bits per heavy atom. The van der Waals surface area contributed by atoms with Crippen LogP contribution in [0.3, 0.4) is 0 Å². The fraction of sp³-hybridized carbons (Fsp3) is 0.250. The van der Waals surface area contributed by atoms with E-state index in [-0.39, 0.29) is 5.91 Å². The molecule has 2 aromatic carbocycles. The summed E-state index contributed by atoms with van der Waals surface area (Å²) in [5.41, 5.74) is 1.74. The predicted octanol–water partition coefficient (Wildman–Crippen LogP) is 5.91. The molecule has 4 heterocycles. The number of hydrogen-bond donors (Lipinski definition) is 1. The van der Waals surface area contributed by atoms with Crippen LogP contribution in [0.15, 0.2) is 79.3 Å². The fourth-order valence-electron chi connectivity index (χ4n) is 4.71. The average Bonchev–Trinajstić information content (AvgIpc) is 3.56. The minimum absolute atomic E-state index is 0.320. The van der Waals surface area contributed by atoms with Gasteiger partial charge in [-0.2, -0.15) is 0 Å². The first-order valence-electron chi connectivity index (χ1n) is 14.0. The number of methoxy groups -OCH3 is 1. The quantitative estimate of drug-likeness (QED) is 0.186. The zero-order chi connectivity index (χ0) is 29.4. The molecule has 1 aliphatic heterocycles. The Morgan fingerprint density at radius 2 is 1.84 bits per heavy atom. The van der Waals surface area contributed by atoms with Crippen LogP contribution in [0.4, 0.5) is 5.82 Å². The van der Waals surface area contributed by atoms with Crippen molar-refractivity contribution in [3.63, 3.8) is 0 Å². The van der Waals surface area contributed by atoms with Gasteiger partial charge in [0, 0.05) is 43.5 Å². The standard InChI is InChI=1S/C32H31N5O5S/c1-39-27-18-24-25(19-28(27)41-15-5-12-37-13-16-40-17-14-37)33-11-10-26(24)42-23-8-9-30(34-20-23)36-31(38)32-35-21-29(43-32)22-6-3-2-4-7-22/h2-4,6-11,18-21H,5,12-17H2,1H3,(H,34,36,38). The van der Waals surface area contributed by atoms with E-state index in [1.54, 1.807) is 43.9 Å². The van der Waals surface area contributed by atoms with E-state index in [0.29, 0.717) is 40.4 Å². The normalized spacial score (nSPS) is 13.5. The molecule has 0 bridgehead atoms. The highest BCUT2D eigenvalue weighted by molar-refractivity contribution is 7.17. The largest absolute Gasteiger partial charge is 0.493 e. The van der Waals surface area contributed by atoms with Crippen molar-refractivity contribution in [2.75, 3.05) is 51.9 Å². The molecule has 0 unspecified atom stereocenters. The van der Waals surface area contributed by atoms with Crippen molar-refractivity contribution >= 4 is 34.0 Å². The monoisotopic (exact) mass is 597 g/mol. The van der Waals surface area contributed by atoms with Crippen molar-refractivity contribution < 1.29 is 23.7 Å². The minimum Gasteiger partial charge on any atom is -0.493 e. The van der Waals surface area contributed by atoms with Crippen molar-refractivity contribution in [2.45, 2.75) is 6.42 Å². The number of carbonyl (C=O) groups excluding carboxylic acids is 1. The van der Waals surface area contributed by atoms with Crippen LogP contribution in [0.1, 0.15) is 16.2 Å². The van der Waals surface area contributed by atoms with E-state index in [4.69, 9.17) is 18.9 Å². The summed E-state index contributed by atoms with van der Waals surface area (Å²) in [7, 11) is 1.61. The zero-order valence-corrected chi connectivity index (χ0v) is 24.5. The number of rotatable bonds is 11. The van der Waals surface area contributed by atoms with E-state index in [2.05, 4.69) is 25.2 Å². The van der Waals surface area contributed by atoms with Crippen LogP contribution in [0, 0.1) is 0 Å². The van der Waals surface area contributed by atoms with E-state index in [9.17, 15) is 4.79 Å². The number of pyridine rings is 2. The molecule has 43 heavy (non-hydrogen) atoms. The Balaban J connectivity index is 1.09. The maximum Gasteiger partial charge on any atom is 0.285 e. The molecule has 0 saturated carbocycles. The lowest BCUT2D eigenvalue weighted by molar-refractivity contribution is 0.0357. The summed E-state index contributed by atoms with van der Waals surface area (Å²) >= 11 is 1.33. The van der Waals surface area contributed by atoms with E-state index in [0.717, 1.165) is 60.6 Å². The van der Waals surface area contributed by atoms with Gasteiger partial charge in [-0.15, -0.1) is 11.3 Å². The van der Waals surface area contributed by atoms with Gasteiger partial charge in [-0.05, 0) is 36.2 Å². The number of amides is 1. The van der Waals surface area contributed by atoms with Gasteiger partial charge < -0.3 is 24.3 Å². The number of morpholine rings is 1. The van der Waals surface area contributed by atoms with Crippen LogP contribution >= 0.6 is 11.3 Å². The smallest absolute Gasteiger partial charge is 0.285 e. The average molecular weight is 598 g/mol. The lowest BCUT2D eigenvalue weighted by Gasteiger charge is -2.26. The fourth-order valence-corrected chi connectivity index (χ4v) is 5.53. The predicted molar refractivity (Wildman–Crippen MR) is 165 cm³/mol. The molecule has 0 spiro atoms. The Bertz CT molecular complexity index is 1670. The molecule has 0 atom stereocenters. The maximum absolute atomic E-state index is 12.8. The zero-order valence-electron chi connectivity index (χ0n) is 23.7. The van der Waals surface area contributed by atoms with E-state index >= 15 is 0 Å². The van der Waals surface area contributed by atoms with Gasteiger partial charge in [0.05, 0.1) is 43.5 Å². The first-order chi connectivity index (χ1) is 21.2. The molecule has 0 aliphatic carbocycles. The second-order valence-electron chi connectivity index (χ2n) is 9.82. The Labute approximate surface area is 253 Å². The van der Waals surface area contributed by atoms with Crippen LogP contribution in [0.5, 0.6) is 23.0 Å². The Morgan fingerprint density at radius 1 is 0.977 bits per heavy atom. The summed E-state index contributed by atoms with van der Waals surface area (Å²) < 4.78 is 23.3. The third-order valence-corrected chi connectivity index (χ3v) is 7.98. The maximum atomic E-state index is 12.8. The van der Waals surface area contributed by atoms with E-state index < -0.39 is 0 Å². The van der Waals surface area contributed by atoms with Crippen molar-refractivity contribution in [1.29, 1.82) is 0 Å². The molecule has 5 aromatic rings. The molecule has 6 rings (SSSR count). The summed E-state index contributed by atoms with van der Waals surface area (Å²) in [6.45, 7) is 5.03. The SMILES string of the molecule is COc1cc2c(Oc3ccc(NC(=O)c4ncc(-c5ccccc5)s4)nc3)ccnc2cc1OCCCN1CCOCC1. The second kappa shape index (κ2) is 13.6. The number of fused-ring (bicyclic) bond motifs is 1. The number of benzene rings is 2. The number of thiazole rings is 1. The molecule has 0 radical (unpaired) electrons. The first kappa shape index (κ1) is 28.5. The molecular formula is C32H31N5O5S. The number of nitrogens with one attached hydrogen (secondary N) is 1. The van der Waals surface area contributed by atoms with Crippen LogP contribution < -0.4 is 19.5 Å². The van der Waals surface area contributed by atoms with Crippen molar-refractivity contribution in [3.05, 3.63) is 84.3 Å². The van der Waals surface area contributed by atoms with E-state index in [1.165, 1.54) is 11.3 Å². The number of anilines is 1. The first-order valence-corrected chi connectivity index (χ1v) is 14.8. The number of ether oxygens (including phenoxy) is 4. The van der Waals surface area contributed by atoms with Crippen LogP contribution in [-0.2, 0) is 4.74 Å². The van der Waals surface area contributed by atoms with Gasteiger partial charge in [0.2, 0.25) is 0 Å². The van der Waals surface area contributed by atoms with Gasteiger partial charge in [0.15, 0.2) is 16.5 Å². The number of nitrogens with zero attached hydrogens (tertiary/aromatic N) is 4. The van der Waals surface area contributed by atoms with Gasteiger partial charge in [-0.1, -0.05) is 30.3 Å². The Kier molecular flexibility index (Phi) is 9.02. The number of hydrogen-bond acceptors (Lipinski definition) is 10. The van der Waals surface area contributed by atoms with Crippen molar-refractivity contribution in [1.82, 2.24) is 19.9 Å². The summed E-state index contributed by atoms with van der Waals surface area (Å²) in [5.74, 6) is 2.42. The van der Waals surface area contributed by atoms with Crippen molar-refractivity contribution in [3.8, 4) is 33.4 Å². The topological polar surface area (TPSA) is 108 Å². The third kappa shape index (κ3) is 7.08. The molecule has 1 N–H and O–H groups in total. The molecule has 1 amide bonds. The molecule has 3 aromatic heterocycles.